The molecule has 1 amide bonds. The number of alkyl carbamates (subject to hydrolysis) is 1. The lowest BCUT2D eigenvalue weighted by atomic mass is 10.0. The molecule has 2 aromatic rings. The molecule has 4 atom stereocenters. The number of amides is 1. The number of nitrogens with zero attached hydrogens (tertiary/aromatic N) is 2. The van der Waals surface area contributed by atoms with Crippen LogP contribution in [0.4, 0.5) is 20.7 Å². The summed E-state index contributed by atoms with van der Waals surface area (Å²) in [6, 6.07) is 5.39. The summed E-state index contributed by atoms with van der Waals surface area (Å²) >= 11 is 0. The lowest BCUT2D eigenvalue weighted by molar-refractivity contribution is 0.0586. The number of carbonyl (C=O) groups excluding carboxylic acids is 1. The molecule has 2 aromatic heterocycles. The van der Waals surface area contributed by atoms with Gasteiger partial charge in [0.2, 0.25) is 5.88 Å². The number of halogens is 1. The molecule has 8 nitrogen and oxygen atoms in total. The van der Waals surface area contributed by atoms with E-state index in [1.54, 1.807) is 12.3 Å². The minimum atomic E-state index is -1.19. The Bertz CT molecular complexity index is 829. The summed E-state index contributed by atoms with van der Waals surface area (Å²) in [5.74, 6) is 1.06. The molecule has 6 bridgehead atoms. The van der Waals surface area contributed by atoms with Crippen LogP contribution in [0.15, 0.2) is 24.4 Å². The van der Waals surface area contributed by atoms with Gasteiger partial charge < -0.3 is 20.1 Å². The maximum atomic E-state index is 14.4. The molecule has 0 radical (unpaired) electrons. The Morgan fingerprint density at radius 3 is 3.07 bits per heavy atom. The maximum Gasteiger partial charge on any atom is 0.407 e. The minimum absolute atomic E-state index is 0.0801. The van der Waals surface area contributed by atoms with E-state index in [4.69, 9.17) is 9.47 Å². The second-order valence-corrected chi connectivity index (χ2v) is 7.38. The highest BCUT2D eigenvalue weighted by Gasteiger charge is 2.38. The Hall–Kier alpha value is -2.84. The Labute approximate surface area is 162 Å². The number of aromatic amines is 1. The van der Waals surface area contributed by atoms with Crippen molar-refractivity contribution in [3.8, 4) is 5.88 Å². The molecule has 28 heavy (non-hydrogen) atoms. The zero-order valence-corrected chi connectivity index (χ0v) is 15.7. The van der Waals surface area contributed by atoms with Gasteiger partial charge in [-0.15, -0.1) is 0 Å². The number of carbonyl (C=O) groups is 1. The van der Waals surface area contributed by atoms with Gasteiger partial charge in [-0.25, -0.2) is 14.2 Å². The van der Waals surface area contributed by atoms with E-state index in [0.29, 0.717) is 37.6 Å². The van der Waals surface area contributed by atoms with Gasteiger partial charge in [0.1, 0.15) is 12.3 Å². The van der Waals surface area contributed by atoms with Gasteiger partial charge >= 0.3 is 6.09 Å². The Kier molecular flexibility index (Phi) is 5.31. The van der Waals surface area contributed by atoms with Gasteiger partial charge in [0.25, 0.3) is 0 Å². The average molecular weight is 389 g/mol. The first-order chi connectivity index (χ1) is 13.6. The number of H-pyrrole nitrogens is 1. The molecule has 1 aliphatic heterocycles. The van der Waals surface area contributed by atoms with E-state index in [-0.39, 0.29) is 12.0 Å². The first-order valence-corrected chi connectivity index (χ1v) is 9.59. The van der Waals surface area contributed by atoms with Crippen molar-refractivity contribution in [1.29, 1.82) is 0 Å². The van der Waals surface area contributed by atoms with Crippen molar-refractivity contribution in [1.82, 2.24) is 20.5 Å². The molecule has 4 rings (SSSR count). The number of aromatic nitrogens is 3. The fourth-order valence-corrected chi connectivity index (χ4v) is 3.66. The van der Waals surface area contributed by atoms with Crippen molar-refractivity contribution >= 4 is 17.6 Å². The maximum absolute atomic E-state index is 14.4. The first-order valence-electron chi connectivity index (χ1n) is 9.59. The number of nitrogens with one attached hydrogen (secondary N) is 3. The number of rotatable bonds is 0. The zero-order valence-electron chi connectivity index (χ0n) is 15.7. The Morgan fingerprint density at radius 1 is 1.29 bits per heavy atom. The van der Waals surface area contributed by atoms with Crippen LogP contribution in [0.5, 0.6) is 5.88 Å². The third kappa shape index (κ3) is 4.35. The highest BCUT2D eigenvalue weighted by Crippen LogP contribution is 2.38. The molecule has 0 saturated heterocycles. The number of fused-ring (bicyclic) bond motifs is 7. The van der Waals surface area contributed by atoms with Gasteiger partial charge in [0.05, 0.1) is 6.61 Å². The van der Waals surface area contributed by atoms with Crippen LogP contribution in [-0.4, -0.2) is 46.2 Å². The van der Waals surface area contributed by atoms with Crippen molar-refractivity contribution in [3.05, 3.63) is 30.1 Å². The standard InChI is InChI=1S/C19H24FN5O3/c1-11-3-2-6-27-18-9-13(4-5-21-18)23-17-10-15(24-25-17)12-7-14(20)16(8-12)28-19(26)22-11/h4-5,9-12,14,16H,2-3,6-8H2,1H3,(H,22,26)(H2,23,24,25)/t11-,12+,14-,16+/m0/s1. The molecule has 0 spiro atoms. The van der Waals surface area contributed by atoms with Crippen LogP contribution >= 0.6 is 0 Å². The number of alkyl halides is 1. The van der Waals surface area contributed by atoms with Crippen LogP contribution in [-0.2, 0) is 4.74 Å². The van der Waals surface area contributed by atoms with Gasteiger partial charge in [-0.3, -0.25) is 5.10 Å². The van der Waals surface area contributed by atoms with E-state index < -0.39 is 18.4 Å². The predicted octanol–water partition coefficient (Wildman–Crippen LogP) is 3.42. The summed E-state index contributed by atoms with van der Waals surface area (Å²) in [7, 11) is 0. The highest BCUT2D eigenvalue weighted by atomic mass is 19.1. The van der Waals surface area contributed by atoms with Crippen LogP contribution < -0.4 is 15.4 Å². The first kappa shape index (κ1) is 18.5. The van der Waals surface area contributed by atoms with Crippen molar-refractivity contribution in [2.45, 2.75) is 56.8 Å². The van der Waals surface area contributed by atoms with Crippen LogP contribution in [0.25, 0.3) is 0 Å². The van der Waals surface area contributed by atoms with E-state index in [2.05, 4.69) is 25.8 Å². The van der Waals surface area contributed by atoms with Crippen molar-refractivity contribution < 1.29 is 18.7 Å². The number of pyridine rings is 1. The van der Waals surface area contributed by atoms with Crippen molar-refractivity contribution in [2.24, 2.45) is 0 Å². The molecule has 1 fully saturated rings. The molecule has 9 heteroatoms. The van der Waals surface area contributed by atoms with E-state index >= 15 is 0 Å². The number of ether oxygens (including phenoxy) is 2. The summed E-state index contributed by atoms with van der Waals surface area (Å²) in [4.78, 5) is 16.3. The Balaban J connectivity index is 1.55. The summed E-state index contributed by atoms with van der Waals surface area (Å²) in [6.07, 6.45) is 1.32. The average Bonchev–Trinajstić information content (AvgIpc) is 3.25. The monoisotopic (exact) mass is 389 g/mol. The quantitative estimate of drug-likeness (QED) is 0.638. The summed E-state index contributed by atoms with van der Waals surface area (Å²) in [5.41, 5.74) is 1.62. The topological polar surface area (TPSA) is 101 Å². The second-order valence-electron chi connectivity index (χ2n) is 7.38. The molecular weight excluding hydrogens is 365 g/mol. The normalized spacial score (nSPS) is 28.1. The van der Waals surface area contributed by atoms with E-state index in [0.717, 1.165) is 17.8 Å². The van der Waals surface area contributed by atoms with Gasteiger partial charge in [-0.2, -0.15) is 5.10 Å². The zero-order chi connectivity index (χ0) is 19.5. The molecule has 0 aromatic carbocycles. The predicted molar refractivity (Wildman–Crippen MR) is 101 cm³/mol. The van der Waals surface area contributed by atoms with Crippen LogP contribution in [0.3, 0.4) is 0 Å². The largest absolute Gasteiger partial charge is 0.478 e. The van der Waals surface area contributed by atoms with Crippen LogP contribution in [0, 0.1) is 0 Å². The molecule has 2 aliphatic rings. The van der Waals surface area contributed by atoms with Gasteiger partial charge in [0.15, 0.2) is 5.82 Å². The lowest BCUT2D eigenvalue weighted by Crippen LogP contribution is -2.37. The molecule has 0 unspecified atom stereocenters. The second kappa shape index (κ2) is 8.04. The van der Waals surface area contributed by atoms with Gasteiger partial charge in [-0.1, -0.05) is 0 Å². The van der Waals surface area contributed by atoms with Crippen molar-refractivity contribution in [3.63, 3.8) is 0 Å². The fraction of sp³-hybridized carbons (Fsp3) is 0.526. The van der Waals surface area contributed by atoms with Crippen LogP contribution in [0.2, 0.25) is 0 Å². The lowest BCUT2D eigenvalue weighted by Gasteiger charge is -2.18. The SMILES string of the molecule is C[C@H]1CCCOc2cc(ccn2)Nc2cc([nH]n2)[C@@H]2C[C@H](F)[C@@H](C2)OC(=O)N1. The molecule has 150 valence electrons. The summed E-state index contributed by atoms with van der Waals surface area (Å²) in [6.45, 7) is 2.36. The Morgan fingerprint density at radius 2 is 2.18 bits per heavy atom. The molecular formula is C19H24FN5O3. The van der Waals surface area contributed by atoms with Crippen molar-refractivity contribution in [2.75, 3.05) is 11.9 Å². The third-order valence-corrected chi connectivity index (χ3v) is 5.13. The number of hydrogen-bond acceptors (Lipinski definition) is 6. The highest BCUT2D eigenvalue weighted by molar-refractivity contribution is 5.67. The van der Waals surface area contributed by atoms with E-state index in [1.165, 1.54) is 0 Å². The summed E-state index contributed by atoms with van der Waals surface area (Å²) in [5, 5.41) is 13.2. The third-order valence-electron chi connectivity index (χ3n) is 5.13. The molecule has 1 aliphatic carbocycles. The van der Waals surface area contributed by atoms with Gasteiger partial charge in [0, 0.05) is 41.7 Å². The van der Waals surface area contributed by atoms with Gasteiger partial charge in [-0.05, 0) is 38.7 Å². The smallest absolute Gasteiger partial charge is 0.407 e. The molecule has 1 saturated carbocycles. The molecule has 3 N–H and O–H groups in total. The fourth-order valence-electron chi connectivity index (χ4n) is 3.66. The number of hydrogen-bond donors (Lipinski definition) is 3. The summed E-state index contributed by atoms with van der Waals surface area (Å²) < 4.78 is 25.4. The van der Waals surface area contributed by atoms with Crippen LogP contribution in [0.1, 0.15) is 44.2 Å². The van der Waals surface area contributed by atoms with E-state index in [1.807, 2.05) is 19.1 Å². The molecule has 3 heterocycles. The van der Waals surface area contributed by atoms with E-state index in [9.17, 15) is 9.18 Å². The number of anilines is 2. The minimum Gasteiger partial charge on any atom is -0.478 e.